The lowest BCUT2D eigenvalue weighted by Crippen LogP contribution is -2.29. The Morgan fingerprint density at radius 3 is 2.69 bits per heavy atom. The molecule has 0 radical (unpaired) electrons. The second-order valence-electron chi connectivity index (χ2n) is 3.48. The van der Waals surface area contributed by atoms with Gasteiger partial charge in [0.1, 0.15) is 0 Å². The molecule has 3 rings (SSSR count). The maximum absolute atomic E-state index is 4.45. The molecule has 0 atom stereocenters. The summed E-state index contributed by atoms with van der Waals surface area (Å²) in [5, 5.41) is 14.6. The molecule has 0 saturated carbocycles. The quantitative estimate of drug-likeness (QED) is 0.776. The Hall–Kier alpha value is -1.30. The van der Waals surface area contributed by atoms with Gasteiger partial charge in [-0.05, 0) is 12.1 Å². The van der Waals surface area contributed by atoms with E-state index in [9.17, 15) is 0 Å². The highest BCUT2D eigenvalue weighted by Gasteiger charge is 2.18. The van der Waals surface area contributed by atoms with Crippen molar-refractivity contribution in [2.24, 2.45) is 15.2 Å². The number of nitrogens with one attached hydrogen (secondary N) is 2. The predicted molar refractivity (Wildman–Crippen MR) is 64.5 cm³/mol. The second kappa shape index (κ2) is 4.69. The largest absolute Gasteiger partial charge is 0.282 e. The lowest BCUT2D eigenvalue weighted by atomic mass is 10.2. The Kier molecular flexibility index (Phi) is 3.28. The summed E-state index contributed by atoms with van der Waals surface area (Å²) in [6.07, 6.45) is -0.0230. The van der Waals surface area contributed by atoms with Crippen molar-refractivity contribution >= 4 is 23.9 Å². The number of azo groups is 1. The molecule has 0 unspecified atom stereocenters. The fourth-order valence-corrected chi connectivity index (χ4v) is 1.70. The summed E-state index contributed by atoms with van der Waals surface area (Å²) in [6.45, 7) is 1.89. The van der Waals surface area contributed by atoms with Gasteiger partial charge in [-0.1, -0.05) is 12.1 Å². The molecule has 5 nitrogen and oxygen atoms in total. The molecule has 0 spiro atoms. The van der Waals surface area contributed by atoms with E-state index < -0.39 is 0 Å². The zero-order chi connectivity index (χ0) is 10.1. The van der Waals surface area contributed by atoms with Gasteiger partial charge in [0.25, 0.3) is 0 Å². The maximum atomic E-state index is 4.45. The van der Waals surface area contributed by atoms with E-state index in [4.69, 9.17) is 0 Å². The summed E-state index contributed by atoms with van der Waals surface area (Å²) in [5.41, 5.74) is 1.90. The van der Waals surface area contributed by atoms with E-state index in [1.165, 1.54) is 0 Å². The maximum Gasteiger partial charge on any atom is 0.182 e. The number of benzene rings is 1. The fourth-order valence-electron chi connectivity index (χ4n) is 1.70. The molecule has 0 amide bonds. The summed E-state index contributed by atoms with van der Waals surface area (Å²) in [7, 11) is 0. The Balaban J connectivity index is 0.000000963. The molecule has 2 aliphatic heterocycles. The first-order valence-corrected chi connectivity index (χ1v) is 4.99. The van der Waals surface area contributed by atoms with Crippen LogP contribution >= 0.6 is 12.4 Å². The standard InChI is InChI=1S/C10H11N5.ClH/c1-2-4-8-7(3-1)9(15-14-8)13-10-11-5-6-12-10;/h1-4,10-12H,5-6H2;1H. The molecule has 1 aromatic carbocycles. The van der Waals surface area contributed by atoms with Gasteiger partial charge < -0.3 is 0 Å². The molecular formula is C10H12ClN5. The van der Waals surface area contributed by atoms with Gasteiger partial charge in [0.05, 0.1) is 5.69 Å². The van der Waals surface area contributed by atoms with Crippen LogP contribution in [-0.2, 0) is 0 Å². The average molecular weight is 238 g/mol. The van der Waals surface area contributed by atoms with E-state index in [0.717, 1.165) is 24.3 Å². The van der Waals surface area contributed by atoms with Gasteiger partial charge in [0, 0.05) is 18.7 Å². The van der Waals surface area contributed by atoms with Crippen LogP contribution in [0.15, 0.2) is 39.5 Å². The first-order chi connectivity index (χ1) is 7.43. The minimum atomic E-state index is -0.0230. The average Bonchev–Trinajstić information content (AvgIpc) is 2.89. The third-order valence-corrected chi connectivity index (χ3v) is 2.45. The van der Waals surface area contributed by atoms with Crippen LogP contribution in [0.3, 0.4) is 0 Å². The minimum absolute atomic E-state index is 0. The van der Waals surface area contributed by atoms with E-state index in [2.05, 4.69) is 25.9 Å². The van der Waals surface area contributed by atoms with Crippen molar-refractivity contribution in [2.45, 2.75) is 6.29 Å². The minimum Gasteiger partial charge on any atom is -0.282 e. The molecular weight excluding hydrogens is 226 g/mol. The highest BCUT2D eigenvalue weighted by molar-refractivity contribution is 6.05. The monoisotopic (exact) mass is 237 g/mol. The van der Waals surface area contributed by atoms with Gasteiger partial charge >= 0.3 is 0 Å². The second-order valence-corrected chi connectivity index (χ2v) is 3.48. The molecule has 1 saturated heterocycles. The van der Waals surface area contributed by atoms with Crippen molar-refractivity contribution in [3.63, 3.8) is 0 Å². The summed E-state index contributed by atoms with van der Waals surface area (Å²) in [5.74, 6) is 0.706. The molecule has 6 heteroatoms. The Bertz CT molecular complexity index is 437. The third-order valence-electron chi connectivity index (χ3n) is 2.45. The lowest BCUT2D eigenvalue weighted by molar-refractivity contribution is 0.580. The topological polar surface area (TPSA) is 61.1 Å². The van der Waals surface area contributed by atoms with Crippen LogP contribution in [0.2, 0.25) is 0 Å². The van der Waals surface area contributed by atoms with Crippen LogP contribution < -0.4 is 10.6 Å². The Morgan fingerprint density at radius 2 is 1.88 bits per heavy atom. The first kappa shape index (κ1) is 11.2. The number of nitrogens with zero attached hydrogens (tertiary/aromatic N) is 3. The Labute approximate surface area is 99.5 Å². The number of rotatable bonds is 1. The normalized spacial score (nSPS) is 21.1. The molecule has 1 aromatic rings. The van der Waals surface area contributed by atoms with E-state index in [1.54, 1.807) is 0 Å². The first-order valence-electron chi connectivity index (χ1n) is 4.99. The van der Waals surface area contributed by atoms with Crippen molar-refractivity contribution in [3.05, 3.63) is 29.8 Å². The predicted octanol–water partition coefficient (Wildman–Crippen LogP) is 1.43. The van der Waals surface area contributed by atoms with Crippen LogP contribution in [0.1, 0.15) is 5.56 Å². The summed E-state index contributed by atoms with van der Waals surface area (Å²) in [4.78, 5) is 4.45. The van der Waals surface area contributed by atoms with Crippen LogP contribution in [0.5, 0.6) is 0 Å². The molecule has 0 aromatic heterocycles. The number of halogens is 1. The van der Waals surface area contributed by atoms with Gasteiger partial charge in [-0.2, -0.15) is 0 Å². The molecule has 0 aliphatic carbocycles. The molecule has 2 aliphatic rings. The van der Waals surface area contributed by atoms with E-state index >= 15 is 0 Å². The summed E-state index contributed by atoms with van der Waals surface area (Å²) < 4.78 is 0. The van der Waals surface area contributed by atoms with Gasteiger partial charge in [0.2, 0.25) is 0 Å². The molecule has 84 valence electrons. The summed E-state index contributed by atoms with van der Waals surface area (Å²) in [6, 6.07) is 7.85. The van der Waals surface area contributed by atoms with Crippen molar-refractivity contribution in [1.29, 1.82) is 0 Å². The van der Waals surface area contributed by atoms with Crippen molar-refractivity contribution < 1.29 is 0 Å². The third kappa shape index (κ3) is 1.97. The number of hydrogen-bond donors (Lipinski definition) is 2. The number of fused-ring (bicyclic) bond motifs is 1. The Morgan fingerprint density at radius 1 is 1.12 bits per heavy atom. The van der Waals surface area contributed by atoms with Gasteiger partial charge in [-0.25, -0.2) is 4.99 Å². The van der Waals surface area contributed by atoms with Crippen molar-refractivity contribution in [1.82, 2.24) is 10.6 Å². The smallest absolute Gasteiger partial charge is 0.182 e. The number of amidine groups is 1. The highest BCUT2D eigenvalue weighted by Crippen LogP contribution is 2.26. The molecule has 16 heavy (non-hydrogen) atoms. The van der Waals surface area contributed by atoms with Crippen LogP contribution in [-0.4, -0.2) is 25.2 Å². The van der Waals surface area contributed by atoms with E-state index in [-0.39, 0.29) is 18.7 Å². The lowest BCUT2D eigenvalue weighted by Gasteiger charge is -2.04. The number of aliphatic imine (C=N–C) groups is 1. The molecule has 2 N–H and O–H groups in total. The van der Waals surface area contributed by atoms with Crippen molar-refractivity contribution in [2.75, 3.05) is 13.1 Å². The van der Waals surface area contributed by atoms with E-state index in [0.29, 0.717) is 5.84 Å². The molecule has 0 bridgehead atoms. The van der Waals surface area contributed by atoms with Crippen LogP contribution in [0.25, 0.3) is 0 Å². The SMILES string of the molecule is Cl.c1ccc2c(c1)N=NC2=NC1NCCN1. The zero-order valence-electron chi connectivity index (χ0n) is 8.55. The van der Waals surface area contributed by atoms with Gasteiger partial charge in [0.15, 0.2) is 12.1 Å². The highest BCUT2D eigenvalue weighted by atomic mass is 35.5. The molecule has 1 fully saturated rings. The van der Waals surface area contributed by atoms with Crippen LogP contribution in [0.4, 0.5) is 5.69 Å². The summed E-state index contributed by atoms with van der Waals surface area (Å²) >= 11 is 0. The zero-order valence-corrected chi connectivity index (χ0v) is 9.37. The van der Waals surface area contributed by atoms with Crippen molar-refractivity contribution in [3.8, 4) is 0 Å². The van der Waals surface area contributed by atoms with Crippen LogP contribution in [0, 0.1) is 0 Å². The molecule has 2 heterocycles. The number of hydrogen-bond acceptors (Lipinski definition) is 4. The van der Waals surface area contributed by atoms with Gasteiger partial charge in [-0.15, -0.1) is 22.6 Å². The van der Waals surface area contributed by atoms with Gasteiger partial charge in [-0.3, -0.25) is 10.6 Å². The fraction of sp³-hybridized carbons (Fsp3) is 0.300. The van der Waals surface area contributed by atoms with E-state index in [1.807, 2.05) is 24.3 Å².